The number of nitrogens with zero attached hydrogens (tertiary/aromatic N) is 4. The molecule has 0 saturated heterocycles. The number of carbonyl (C=O) groups excluding carboxylic acids is 8. The van der Waals surface area contributed by atoms with E-state index in [0.29, 0.717) is 82.9 Å². The summed E-state index contributed by atoms with van der Waals surface area (Å²) in [5, 5.41) is 19.2. The second-order valence-corrected chi connectivity index (χ2v) is 19.9. The van der Waals surface area contributed by atoms with Crippen molar-refractivity contribution in [2.45, 2.75) is 164 Å². The van der Waals surface area contributed by atoms with Gasteiger partial charge in [-0.3, -0.25) is 58.3 Å². The first-order chi connectivity index (χ1) is 39.4. The molecule has 1 rings (SSSR count). The lowest BCUT2D eigenvalue weighted by atomic mass is 10.0. The molecule has 33 N–H and O–H groups in total. The maximum atomic E-state index is 14.3. The molecular formula is C51H96N24O8. The zero-order chi connectivity index (χ0) is 62.1. The Kier molecular flexibility index (Phi) is 37.5. The number of benzene rings is 1. The van der Waals surface area contributed by atoms with Crippen LogP contribution in [0.1, 0.15) is 115 Å². The molecule has 8 amide bonds. The fourth-order valence-corrected chi connectivity index (χ4v) is 8.02. The maximum absolute atomic E-state index is 14.3. The van der Waals surface area contributed by atoms with E-state index in [2.05, 4.69) is 57.2 Å². The fourth-order valence-electron chi connectivity index (χ4n) is 8.02. The van der Waals surface area contributed by atoms with E-state index in [0.717, 1.165) is 0 Å². The van der Waals surface area contributed by atoms with Crippen molar-refractivity contribution < 1.29 is 38.4 Å². The standard InChI is InChI=1S/C51H96N24O8/c52-32(16-10-26-68-48(57)58)41(77)65-23-7-4-20-36(72-43(79)34(54)18-12-28-70-50(61)62)45(81)67-25-9-6-22-38(47(83)75-39(40(56)76)30-31-14-2-1-3-15-31)74-46(82)37(73-44(80)35(55)19-13-29-71-51(63)64)21-5-8-24-66-42(78)33(53)17-11-27-69-49(59)60/h1-3,14-15,32-39H,4-13,16-30,52-55H2,(H2,56,76)(H,65,77)(H,66,78)(H,67,81)(H,72,79)(H,73,80)(H,74,82)(H,75,83)(H4,57,58,68)(H4,59,60,69)(H4,61,62,70)(H4,63,64,71)/t32-,33?,34-,35+,36+,37+,38+,39+/m0/s1. The van der Waals surface area contributed by atoms with Crippen LogP contribution in [-0.4, -0.2) is 165 Å². The SMILES string of the molecule is NC(=O)[C@@H](Cc1ccccc1)NC(=O)[C@@H](CCCCNC(=O)[C@@H](CCCCNC(=O)[C@@H](N)CCCN=C(N)N)NC(=O)[C@@H](N)CCCN=C(N)N)NC(=O)[C@@H](CCCCNC(=O)C(N)CCCN=C(N)N)NC(=O)[C@H](N)CCCN=C(N)N. The summed E-state index contributed by atoms with van der Waals surface area (Å²) < 4.78 is 0. The van der Waals surface area contributed by atoms with Crippen molar-refractivity contribution in [3.8, 4) is 0 Å². The summed E-state index contributed by atoms with van der Waals surface area (Å²) in [6.45, 7) is 1.57. The van der Waals surface area contributed by atoms with Crippen molar-refractivity contribution in [2.24, 2.45) is 94.5 Å². The molecule has 0 aliphatic heterocycles. The van der Waals surface area contributed by atoms with Crippen LogP contribution in [-0.2, 0) is 44.8 Å². The highest BCUT2D eigenvalue weighted by Gasteiger charge is 2.31. The number of unbranched alkanes of at least 4 members (excludes halogenated alkanes) is 3. The minimum atomic E-state index is -1.29. The molecule has 0 radical (unpaired) electrons. The zero-order valence-corrected chi connectivity index (χ0v) is 47.7. The molecule has 8 atom stereocenters. The van der Waals surface area contributed by atoms with E-state index >= 15 is 0 Å². The summed E-state index contributed by atoms with van der Waals surface area (Å²) in [4.78, 5) is 122. The lowest BCUT2D eigenvalue weighted by Crippen LogP contribution is -2.57. The van der Waals surface area contributed by atoms with Crippen LogP contribution >= 0.6 is 0 Å². The second-order valence-electron chi connectivity index (χ2n) is 19.9. The van der Waals surface area contributed by atoms with Gasteiger partial charge >= 0.3 is 0 Å². The topological polar surface area (TPSA) is 608 Å². The van der Waals surface area contributed by atoms with Crippen LogP contribution in [0.2, 0.25) is 0 Å². The number of amides is 8. The van der Waals surface area contributed by atoms with Crippen molar-refractivity contribution in [1.29, 1.82) is 0 Å². The van der Waals surface area contributed by atoms with Gasteiger partial charge in [-0.25, -0.2) is 0 Å². The summed E-state index contributed by atoms with van der Waals surface area (Å²) in [5.41, 5.74) is 74.0. The molecule has 1 aromatic carbocycles. The number of nitrogens with two attached hydrogens (primary N) is 13. The van der Waals surface area contributed by atoms with Gasteiger partial charge in [-0.2, -0.15) is 0 Å². The van der Waals surface area contributed by atoms with Gasteiger partial charge in [-0.1, -0.05) is 30.3 Å². The molecule has 0 bridgehead atoms. The van der Waals surface area contributed by atoms with Crippen molar-refractivity contribution in [2.75, 3.05) is 45.8 Å². The number of hydrogen-bond donors (Lipinski definition) is 20. The molecule has 0 saturated carbocycles. The molecule has 0 heterocycles. The Bertz CT molecular complexity index is 2260. The van der Waals surface area contributed by atoms with Crippen LogP contribution in [0.5, 0.6) is 0 Å². The van der Waals surface area contributed by atoms with Crippen molar-refractivity contribution in [3.63, 3.8) is 0 Å². The third-order valence-corrected chi connectivity index (χ3v) is 12.7. The summed E-state index contributed by atoms with van der Waals surface area (Å²) in [6.07, 6.45) is 4.99. The molecule has 0 fully saturated rings. The Labute approximate surface area is 485 Å². The minimum absolute atomic E-state index is 0.0198. The molecule has 32 heteroatoms. The Morgan fingerprint density at radius 1 is 0.337 bits per heavy atom. The van der Waals surface area contributed by atoms with E-state index in [4.69, 9.17) is 74.5 Å². The molecule has 1 aromatic rings. The highest BCUT2D eigenvalue weighted by molar-refractivity contribution is 5.95. The highest BCUT2D eigenvalue weighted by atomic mass is 16.2. The van der Waals surface area contributed by atoms with Gasteiger partial charge in [0.15, 0.2) is 23.8 Å². The van der Waals surface area contributed by atoms with Crippen molar-refractivity contribution >= 4 is 71.1 Å². The van der Waals surface area contributed by atoms with Gasteiger partial charge < -0.3 is 112 Å². The number of carbonyl (C=O) groups is 8. The predicted molar refractivity (Wildman–Crippen MR) is 319 cm³/mol. The third kappa shape index (κ3) is 35.4. The lowest BCUT2D eigenvalue weighted by molar-refractivity contribution is -0.133. The number of guanidine groups is 4. The normalized spacial score (nSPS) is 13.7. The molecule has 0 aromatic heterocycles. The average molecular weight is 1170 g/mol. The Hall–Kier alpha value is -8.10. The van der Waals surface area contributed by atoms with Crippen LogP contribution in [0, 0.1) is 0 Å². The number of rotatable bonds is 45. The Morgan fingerprint density at radius 3 is 0.952 bits per heavy atom. The summed E-state index contributed by atoms with van der Waals surface area (Å²) >= 11 is 0. The van der Waals surface area contributed by atoms with E-state index in [1.165, 1.54) is 0 Å². The Balaban J connectivity index is 3.29. The van der Waals surface area contributed by atoms with Crippen LogP contribution in [0.3, 0.4) is 0 Å². The van der Waals surface area contributed by atoms with E-state index in [-0.39, 0.29) is 114 Å². The van der Waals surface area contributed by atoms with Crippen LogP contribution in [0.4, 0.5) is 0 Å². The quantitative estimate of drug-likeness (QED) is 0.0164. The first-order valence-corrected chi connectivity index (χ1v) is 28.0. The Morgan fingerprint density at radius 2 is 0.627 bits per heavy atom. The van der Waals surface area contributed by atoms with E-state index in [9.17, 15) is 38.4 Å². The first kappa shape index (κ1) is 72.9. The van der Waals surface area contributed by atoms with Crippen LogP contribution in [0.25, 0.3) is 0 Å². The molecule has 1 unspecified atom stereocenters. The number of nitrogens with one attached hydrogen (secondary N) is 7. The number of aliphatic imine (C=N–C) groups is 4. The average Bonchev–Trinajstić information content (AvgIpc) is 3.47. The van der Waals surface area contributed by atoms with Gasteiger partial charge in [0.05, 0.1) is 24.2 Å². The summed E-state index contributed by atoms with van der Waals surface area (Å²) in [7, 11) is 0. The van der Waals surface area contributed by atoms with Gasteiger partial charge in [-0.15, -0.1) is 0 Å². The minimum Gasteiger partial charge on any atom is -0.370 e. The molecule has 83 heavy (non-hydrogen) atoms. The molecule has 32 nitrogen and oxygen atoms in total. The first-order valence-electron chi connectivity index (χ1n) is 28.0. The molecule has 0 aliphatic rings. The van der Waals surface area contributed by atoms with E-state index in [1.54, 1.807) is 30.3 Å². The van der Waals surface area contributed by atoms with Gasteiger partial charge in [0.2, 0.25) is 47.3 Å². The van der Waals surface area contributed by atoms with Gasteiger partial charge in [0.1, 0.15) is 24.2 Å². The summed E-state index contributed by atoms with van der Waals surface area (Å²) in [6, 6.07) is 0.414. The van der Waals surface area contributed by atoms with Crippen molar-refractivity contribution in [3.05, 3.63) is 35.9 Å². The zero-order valence-electron chi connectivity index (χ0n) is 47.7. The molecule has 468 valence electrons. The predicted octanol–water partition coefficient (Wildman–Crippen LogP) is -6.96. The largest absolute Gasteiger partial charge is 0.370 e. The van der Waals surface area contributed by atoms with Gasteiger partial charge in [0.25, 0.3) is 0 Å². The molecular weight excluding hydrogens is 1080 g/mol. The van der Waals surface area contributed by atoms with Gasteiger partial charge in [-0.05, 0) is 115 Å². The molecule has 0 aliphatic carbocycles. The fraction of sp³-hybridized carbons (Fsp3) is 0.647. The third-order valence-electron chi connectivity index (χ3n) is 12.7. The number of hydrogen-bond acceptors (Lipinski definition) is 16. The lowest BCUT2D eigenvalue weighted by Gasteiger charge is -2.26. The van der Waals surface area contributed by atoms with E-state index < -0.39 is 89.7 Å². The van der Waals surface area contributed by atoms with Gasteiger partial charge in [0, 0.05) is 52.2 Å². The highest BCUT2D eigenvalue weighted by Crippen LogP contribution is 2.11. The maximum Gasteiger partial charge on any atom is 0.243 e. The van der Waals surface area contributed by atoms with Crippen LogP contribution in [0.15, 0.2) is 50.3 Å². The van der Waals surface area contributed by atoms with Crippen molar-refractivity contribution in [1.82, 2.24) is 37.2 Å². The monoisotopic (exact) mass is 1170 g/mol. The van der Waals surface area contributed by atoms with E-state index in [1.807, 2.05) is 0 Å². The number of primary amides is 1. The second kappa shape index (κ2) is 42.7. The summed E-state index contributed by atoms with van der Waals surface area (Å²) in [5.74, 6) is -5.24. The van der Waals surface area contributed by atoms with Crippen LogP contribution < -0.4 is 112 Å². The smallest absolute Gasteiger partial charge is 0.243 e. The molecule has 0 spiro atoms.